The van der Waals surface area contributed by atoms with E-state index in [9.17, 15) is 5.11 Å². The van der Waals surface area contributed by atoms with Crippen LogP contribution < -0.4 is 11.1 Å². The van der Waals surface area contributed by atoms with Gasteiger partial charge in [-0.25, -0.2) is 0 Å². The summed E-state index contributed by atoms with van der Waals surface area (Å²) in [5, 5.41) is 21.4. The van der Waals surface area contributed by atoms with Gasteiger partial charge in [-0.15, -0.1) is 0 Å². The second-order valence-electron chi connectivity index (χ2n) is 4.26. The number of benzene rings is 2. The van der Waals surface area contributed by atoms with Gasteiger partial charge in [-0.1, -0.05) is 12.1 Å². The third-order valence-corrected chi connectivity index (χ3v) is 2.83. The smallest absolute Gasteiger partial charge is 0.115 e. The highest BCUT2D eigenvalue weighted by atomic mass is 16.3. The molecule has 0 saturated heterocycles. The highest BCUT2D eigenvalue weighted by Gasteiger charge is 2.02. The van der Waals surface area contributed by atoms with E-state index in [4.69, 9.17) is 11.0 Å². The van der Waals surface area contributed by atoms with Gasteiger partial charge in [-0.2, -0.15) is 5.26 Å². The first-order valence-electron chi connectivity index (χ1n) is 6.00. The van der Waals surface area contributed by atoms with Crippen molar-refractivity contribution in [2.45, 2.75) is 6.42 Å². The first kappa shape index (κ1) is 12.8. The Bertz CT molecular complexity index is 600. The number of phenols is 1. The Labute approximate surface area is 112 Å². The van der Waals surface area contributed by atoms with E-state index in [1.165, 1.54) is 0 Å². The predicted octanol–water partition coefficient (Wildman–Crippen LogP) is 2.50. The van der Waals surface area contributed by atoms with E-state index in [0.717, 1.165) is 17.7 Å². The minimum Gasteiger partial charge on any atom is -0.508 e. The van der Waals surface area contributed by atoms with Crippen LogP contribution in [0.4, 0.5) is 11.4 Å². The van der Waals surface area contributed by atoms with E-state index in [-0.39, 0.29) is 5.75 Å². The summed E-state index contributed by atoms with van der Waals surface area (Å²) in [6.45, 7) is 0.712. The van der Waals surface area contributed by atoms with Crippen LogP contribution in [0, 0.1) is 11.3 Å². The summed E-state index contributed by atoms with van der Waals surface area (Å²) in [6, 6.07) is 14.4. The molecule has 4 nitrogen and oxygen atoms in total. The average Bonchev–Trinajstić information content (AvgIpc) is 2.42. The predicted molar refractivity (Wildman–Crippen MR) is 75.9 cm³/mol. The molecule has 0 aliphatic rings. The Morgan fingerprint density at radius 3 is 2.58 bits per heavy atom. The Morgan fingerprint density at radius 2 is 1.89 bits per heavy atom. The molecule has 0 spiro atoms. The van der Waals surface area contributed by atoms with Crippen molar-refractivity contribution in [2.75, 3.05) is 17.6 Å². The summed E-state index contributed by atoms with van der Waals surface area (Å²) >= 11 is 0. The Balaban J connectivity index is 1.96. The first-order valence-corrected chi connectivity index (χ1v) is 6.00. The number of nitriles is 1. The molecule has 0 atom stereocenters. The number of rotatable bonds is 4. The zero-order valence-corrected chi connectivity index (χ0v) is 10.4. The average molecular weight is 253 g/mol. The normalized spacial score (nSPS) is 9.84. The lowest BCUT2D eigenvalue weighted by Gasteiger charge is -2.09. The lowest BCUT2D eigenvalue weighted by Crippen LogP contribution is -2.06. The maximum atomic E-state index is 9.19. The van der Waals surface area contributed by atoms with Gasteiger partial charge in [0.1, 0.15) is 11.8 Å². The number of nitrogen functional groups attached to an aromatic ring is 1. The lowest BCUT2D eigenvalue weighted by molar-refractivity contribution is 0.475. The summed E-state index contributed by atoms with van der Waals surface area (Å²) in [6.07, 6.45) is 0.815. The van der Waals surface area contributed by atoms with Crippen molar-refractivity contribution >= 4 is 11.4 Å². The molecule has 2 rings (SSSR count). The molecule has 4 N–H and O–H groups in total. The van der Waals surface area contributed by atoms with Crippen LogP contribution in [0.15, 0.2) is 42.5 Å². The van der Waals surface area contributed by atoms with Crippen LogP contribution in [0.2, 0.25) is 0 Å². The van der Waals surface area contributed by atoms with Crippen LogP contribution in [-0.2, 0) is 6.42 Å². The van der Waals surface area contributed by atoms with E-state index in [1.54, 1.807) is 24.3 Å². The molecule has 2 aromatic rings. The minimum atomic E-state index is 0.266. The molecule has 0 aliphatic carbocycles. The van der Waals surface area contributed by atoms with Crippen molar-refractivity contribution in [1.29, 1.82) is 5.26 Å². The molecule has 0 amide bonds. The zero-order valence-electron chi connectivity index (χ0n) is 10.4. The Hall–Kier alpha value is -2.67. The molecule has 0 aromatic heterocycles. The highest BCUT2D eigenvalue weighted by molar-refractivity contribution is 5.62. The molecule has 0 aliphatic heterocycles. The van der Waals surface area contributed by atoms with Crippen LogP contribution in [0.3, 0.4) is 0 Å². The fourth-order valence-corrected chi connectivity index (χ4v) is 1.81. The second kappa shape index (κ2) is 5.78. The fourth-order valence-electron chi connectivity index (χ4n) is 1.81. The van der Waals surface area contributed by atoms with Crippen molar-refractivity contribution < 1.29 is 5.11 Å². The number of nitrogens with one attached hydrogen (secondary N) is 1. The van der Waals surface area contributed by atoms with Crippen LogP contribution in [0.1, 0.15) is 11.1 Å². The standard InChI is InChI=1S/C15H15N3O/c16-10-12-9-13(17)3-6-15(12)18-8-7-11-1-4-14(19)5-2-11/h1-6,9,18-19H,7-8,17H2. The Kier molecular flexibility index (Phi) is 3.89. The van der Waals surface area contributed by atoms with Gasteiger partial charge in [0.2, 0.25) is 0 Å². The van der Waals surface area contributed by atoms with Crippen molar-refractivity contribution in [3.05, 3.63) is 53.6 Å². The first-order chi connectivity index (χ1) is 9.19. The van der Waals surface area contributed by atoms with Crippen LogP contribution in [0.25, 0.3) is 0 Å². The van der Waals surface area contributed by atoms with Crippen molar-refractivity contribution in [2.24, 2.45) is 0 Å². The molecule has 0 fully saturated rings. The van der Waals surface area contributed by atoms with Crippen molar-refractivity contribution in [1.82, 2.24) is 0 Å². The number of nitrogens with zero attached hydrogens (tertiary/aromatic N) is 1. The molecular formula is C15H15N3O. The SMILES string of the molecule is N#Cc1cc(N)ccc1NCCc1ccc(O)cc1. The number of aromatic hydroxyl groups is 1. The number of nitrogens with two attached hydrogens (primary N) is 1. The van der Waals surface area contributed by atoms with Gasteiger partial charge in [0.05, 0.1) is 11.3 Å². The maximum absolute atomic E-state index is 9.19. The lowest BCUT2D eigenvalue weighted by atomic mass is 10.1. The van der Waals surface area contributed by atoms with E-state index < -0.39 is 0 Å². The van der Waals surface area contributed by atoms with Crippen molar-refractivity contribution in [3.8, 4) is 11.8 Å². The van der Waals surface area contributed by atoms with Gasteiger partial charge in [-0.3, -0.25) is 0 Å². The third kappa shape index (κ3) is 3.39. The van der Waals surface area contributed by atoms with E-state index in [1.807, 2.05) is 18.2 Å². The number of phenolic OH excluding ortho intramolecular Hbond substituents is 1. The molecule has 0 saturated carbocycles. The Morgan fingerprint density at radius 1 is 1.16 bits per heavy atom. The van der Waals surface area contributed by atoms with Gasteiger partial charge >= 0.3 is 0 Å². The number of hydrogen-bond donors (Lipinski definition) is 3. The van der Waals surface area contributed by atoms with Gasteiger partial charge in [0, 0.05) is 12.2 Å². The van der Waals surface area contributed by atoms with E-state index in [2.05, 4.69) is 11.4 Å². The molecule has 0 radical (unpaired) electrons. The monoisotopic (exact) mass is 253 g/mol. The summed E-state index contributed by atoms with van der Waals surface area (Å²) in [7, 11) is 0. The number of hydrogen-bond acceptors (Lipinski definition) is 4. The second-order valence-corrected chi connectivity index (χ2v) is 4.26. The van der Waals surface area contributed by atoms with E-state index >= 15 is 0 Å². The molecule has 0 bridgehead atoms. The molecule has 96 valence electrons. The van der Waals surface area contributed by atoms with Gasteiger partial charge in [0.25, 0.3) is 0 Å². The third-order valence-electron chi connectivity index (χ3n) is 2.83. The fraction of sp³-hybridized carbons (Fsp3) is 0.133. The van der Waals surface area contributed by atoms with Crippen LogP contribution in [-0.4, -0.2) is 11.7 Å². The number of anilines is 2. The van der Waals surface area contributed by atoms with Gasteiger partial charge < -0.3 is 16.2 Å². The largest absolute Gasteiger partial charge is 0.508 e. The van der Waals surface area contributed by atoms with Crippen LogP contribution in [0.5, 0.6) is 5.75 Å². The zero-order chi connectivity index (χ0) is 13.7. The molecular weight excluding hydrogens is 238 g/mol. The molecule has 0 heterocycles. The molecule has 2 aromatic carbocycles. The highest BCUT2D eigenvalue weighted by Crippen LogP contribution is 2.18. The molecule has 4 heteroatoms. The summed E-state index contributed by atoms with van der Waals surface area (Å²) < 4.78 is 0. The van der Waals surface area contributed by atoms with Gasteiger partial charge in [-0.05, 0) is 42.3 Å². The quantitative estimate of drug-likeness (QED) is 0.731. The summed E-state index contributed by atoms with van der Waals surface area (Å²) in [5.74, 6) is 0.266. The van der Waals surface area contributed by atoms with E-state index in [0.29, 0.717) is 17.8 Å². The van der Waals surface area contributed by atoms with Crippen molar-refractivity contribution in [3.63, 3.8) is 0 Å². The molecule has 19 heavy (non-hydrogen) atoms. The van der Waals surface area contributed by atoms with Gasteiger partial charge in [0.15, 0.2) is 0 Å². The maximum Gasteiger partial charge on any atom is 0.115 e. The summed E-state index contributed by atoms with van der Waals surface area (Å²) in [5.41, 5.74) is 8.68. The molecule has 0 unspecified atom stereocenters. The minimum absolute atomic E-state index is 0.266. The van der Waals surface area contributed by atoms with Crippen LogP contribution >= 0.6 is 0 Å². The summed E-state index contributed by atoms with van der Waals surface area (Å²) in [4.78, 5) is 0. The topological polar surface area (TPSA) is 82.1 Å².